The molecule has 2 heterocycles. The molecule has 5 nitrogen and oxygen atoms in total. The molecule has 0 aliphatic carbocycles. The number of nitrogens with zero attached hydrogens (tertiary/aromatic N) is 1. The summed E-state index contributed by atoms with van der Waals surface area (Å²) in [6.45, 7) is 0.865. The normalized spacial score (nSPS) is 22.2. The fraction of sp³-hybridized carbons (Fsp3) is 0.296. The minimum Gasteiger partial charge on any atom is -0.478 e. The molecule has 2 aliphatic rings. The van der Waals surface area contributed by atoms with Gasteiger partial charge in [0.15, 0.2) is 11.6 Å². The van der Waals surface area contributed by atoms with Gasteiger partial charge in [-0.15, -0.1) is 0 Å². The van der Waals surface area contributed by atoms with E-state index in [-0.39, 0.29) is 11.6 Å². The van der Waals surface area contributed by atoms with E-state index in [0.29, 0.717) is 29.4 Å². The largest absolute Gasteiger partial charge is 0.478 e. The molecule has 0 saturated carbocycles. The summed E-state index contributed by atoms with van der Waals surface area (Å²) in [6, 6.07) is 22.8. The summed E-state index contributed by atoms with van der Waals surface area (Å²) in [5.74, 6) is -0.436. The Balaban J connectivity index is 1.17. The van der Waals surface area contributed by atoms with Gasteiger partial charge in [0.1, 0.15) is 5.75 Å². The minimum absolute atomic E-state index is 0.222. The molecule has 0 radical (unpaired) electrons. The van der Waals surface area contributed by atoms with Crippen molar-refractivity contribution >= 4 is 11.7 Å². The Hall–Kier alpha value is -3.38. The number of hydrogen-bond donors (Lipinski definition) is 2. The molecule has 0 aromatic heterocycles. The van der Waals surface area contributed by atoms with Crippen molar-refractivity contribution in [3.8, 4) is 11.5 Å². The van der Waals surface area contributed by atoms with Gasteiger partial charge < -0.3 is 15.2 Å². The average Bonchev–Trinajstić information content (AvgIpc) is 3.04. The van der Waals surface area contributed by atoms with E-state index < -0.39 is 5.97 Å². The molecular formula is C27H27FN2O3. The van der Waals surface area contributed by atoms with Crippen molar-refractivity contribution in [3.63, 3.8) is 0 Å². The lowest BCUT2D eigenvalue weighted by atomic mass is 9.96. The zero-order valence-corrected chi connectivity index (χ0v) is 18.3. The number of piperidine rings is 1. The number of carbonyl (C=O) groups is 1. The number of ether oxygens (including phenoxy) is 1. The van der Waals surface area contributed by atoms with Gasteiger partial charge >= 0.3 is 5.97 Å². The van der Waals surface area contributed by atoms with Crippen LogP contribution in [0.5, 0.6) is 11.5 Å². The highest BCUT2D eigenvalue weighted by Crippen LogP contribution is 2.38. The van der Waals surface area contributed by atoms with Crippen LogP contribution in [0, 0.1) is 5.82 Å². The molecule has 6 heteroatoms. The quantitative estimate of drug-likeness (QED) is 0.471. The molecule has 33 heavy (non-hydrogen) atoms. The Morgan fingerprint density at radius 3 is 2.27 bits per heavy atom. The van der Waals surface area contributed by atoms with E-state index in [0.717, 1.165) is 30.6 Å². The molecule has 170 valence electrons. The molecule has 0 spiro atoms. The fourth-order valence-electron chi connectivity index (χ4n) is 5.12. The summed E-state index contributed by atoms with van der Waals surface area (Å²) >= 11 is 0. The summed E-state index contributed by atoms with van der Waals surface area (Å²) in [6.07, 6.45) is 4.56. The van der Waals surface area contributed by atoms with Crippen LogP contribution in [-0.4, -0.2) is 34.1 Å². The van der Waals surface area contributed by atoms with Gasteiger partial charge in [-0.3, -0.25) is 4.90 Å². The Bertz CT molecular complexity index is 1100. The zero-order chi connectivity index (χ0) is 22.8. The number of carboxylic acid groups (broad SMARTS) is 1. The van der Waals surface area contributed by atoms with Gasteiger partial charge in [0, 0.05) is 30.4 Å². The second-order valence-corrected chi connectivity index (χ2v) is 8.93. The maximum absolute atomic E-state index is 13.8. The number of carboxylic acids is 1. The van der Waals surface area contributed by atoms with Gasteiger partial charge in [0.2, 0.25) is 0 Å². The van der Waals surface area contributed by atoms with E-state index in [4.69, 9.17) is 9.84 Å². The number of aromatic carboxylic acids is 1. The van der Waals surface area contributed by atoms with Crippen LogP contribution < -0.4 is 10.1 Å². The molecule has 2 aliphatic heterocycles. The lowest BCUT2D eigenvalue weighted by molar-refractivity contribution is 0.0696. The molecule has 0 amide bonds. The number of anilines is 1. The highest BCUT2D eigenvalue weighted by molar-refractivity contribution is 5.87. The lowest BCUT2D eigenvalue weighted by Gasteiger charge is -2.39. The second-order valence-electron chi connectivity index (χ2n) is 8.93. The first kappa shape index (κ1) is 21.5. The summed E-state index contributed by atoms with van der Waals surface area (Å²) in [7, 11) is 0. The van der Waals surface area contributed by atoms with Crippen molar-refractivity contribution in [1.29, 1.82) is 0 Å². The van der Waals surface area contributed by atoms with Crippen molar-refractivity contribution in [2.75, 3.05) is 5.32 Å². The fourth-order valence-corrected chi connectivity index (χ4v) is 5.12. The van der Waals surface area contributed by atoms with Crippen molar-refractivity contribution in [1.82, 2.24) is 4.90 Å². The number of fused-ring (bicyclic) bond motifs is 2. The van der Waals surface area contributed by atoms with Crippen molar-refractivity contribution < 1.29 is 19.0 Å². The Morgan fingerprint density at radius 1 is 0.970 bits per heavy atom. The molecule has 2 N–H and O–H groups in total. The third kappa shape index (κ3) is 4.86. The van der Waals surface area contributed by atoms with Crippen LogP contribution in [0.15, 0.2) is 72.8 Å². The summed E-state index contributed by atoms with van der Waals surface area (Å²) < 4.78 is 19.4. The average molecular weight is 447 g/mol. The maximum atomic E-state index is 13.8. The molecule has 1 unspecified atom stereocenters. The van der Waals surface area contributed by atoms with Gasteiger partial charge in [0.05, 0.1) is 5.56 Å². The summed E-state index contributed by atoms with van der Waals surface area (Å²) in [4.78, 5) is 13.7. The summed E-state index contributed by atoms with van der Waals surface area (Å²) in [5, 5.41) is 12.8. The Labute approximate surface area is 192 Å². The molecule has 3 aromatic rings. The third-order valence-electron chi connectivity index (χ3n) is 6.74. The van der Waals surface area contributed by atoms with Crippen molar-refractivity contribution in [2.45, 2.75) is 50.4 Å². The van der Waals surface area contributed by atoms with Gasteiger partial charge in [-0.05, 0) is 79.8 Å². The number of halogens is 1. The van der Waals surface area contributed by atoms with Gasteiger partial charge in [0.25, 0.3) is 0 Å². The van der Waals surface area contributed by atoms with Gasteiger partial charge in [-0.2, -0.15) is 0 Å². The molecule has 2 saturated heterocycles. The van der Waals surface area contributed by atoms with Crippen molar-refractivity contribution in [2.24, 2.45) is 0 Å². The minimum atomic E-state index is -0.889. The van der Waals surface area contributed by atoms with Crippen molar-refractivity contribution in [3.05, 3.63) is 89.7 Å². The van der Waals surface area contributed by atoms with Gasteiger partial charge in [-0.25, -0.2) is 9.18 Å². The van der Waals surface area contributed by atoms with Crippen LogP contribution >= 0.6 is 0 Å². The van der Waals surface area contributed by atoms with Crippen LogP contribution in [0.1, 0.15) is 41.6 Å². The van der Waals surface area contributed by atoms with Crippen LogP contribution in [0.2, 0.25) is 0 Å². The second kappa shape index (κ2) is 9.24. The van der Waals surface area contributed by atoms with Crippen LogP contribution in [0.3, 0.4) is 0 Å². The van der Waals surface area contributed by atoms with E-state index in [1.54, 1.807) is 30.3 Å². The monoisotopic (exact) mass is 446 g/mol. The maximum Gasteiger partial charge on any atom is 0.335 e. The van der Waals surface area contributed by atoms with E-state index in [9.17, 15) is 9.18 Å². The first-order valence-corrected chi connectivity index (χ1v) is 11.4. The van der Waals surface area contributed by atoms with E-state index in [1.165, 1.54) is 18.9 Å². The predicted octanol–water partition coefficient (Wildman–Crippen LogP) is 5.92. The molecular weight excluding hydrogens is 419 g/mol. The predicted molar refractivity (Wildman–Crippen MR) is 125 cm³/mol. The molecule has 3 aromatic carbocycles. The topological polar surface area (TPSA) is 61.8 Å². The molecule has 2 bridgehead atoms. The Kier molecular flexibility index (Phi) is 6.01. The Morgan fingerprint density at radius 2 is 1.64 bits per heavy atom. The highest BCUT2D eigenvalue weighted by Gasteiger charge is 2.40. The number of nitrogens with one attached hydrogen (secondary N) is 1. The first-order valence-electron chi connectivity index (χ1n) is 11.4. The molecule has 2 fully saturated rings. The highest BCUT2D eigenvalue weighted by atomic mass is 19.1. The van der Waals surface area contributed by atoms with E-state index in [2.05, 4.69) is 10.2 Å². The molecule has 5 rings (SSSR count). The lowest BCUT2D eigenvalue weighted by Crippen LogP contribution is -2.46. The van der Waals surface area contributed by atoms with Crippen LogP contribution in [0.4, 0.5) is 10.1 Å². The zero-order valence-electron chi connectivity index (χ0n) is 18.3. The first-order chi connectivity index (χ1) is 16.0. The number of benzene rings is 3. The standard InChI is InChI=1S/C27H27FN2O3/c28-25-3-1-2-4-26(25)33-24-13-9-20(10-14-24)29-21-15-22-11-12-23(16-21)30(22)17-18-5-7-19(8-6-18)27(31)32/h1-10,13-14,21-23,29H,11-12,15-17H2,(H,31,32)/t21?,22-,23+. The van der Waals surface area contributed by atoms with E-state index in [1.807, 2.05) is 36.4 Å². The van der Waals surface area contributed by atoms with Crippen LogP contribution in [-0.2, 0) is 6.54 Å². The van der Waals surface area contributed by atoms with Crippen LogP contribution in [0.25, 0.3) is 0 Å². The molecule has 3 atom stereocenters. The SMILES string of the molecule is O=C(O)c1ccc(CN2[C@@H]3CC[C@H]2CC(Nc2ccc(Oc4ccccc4F)cc2)C3)cc1. The number of hydrogen-bond acceptors (Lipinski definition) is 4. The number of para-hydroxylation sites is 1. The van der Waals surface area contributed by atoms with Gasteiger partial charge in [-0.1, -0.05) is 24.3 Å². The number of rotatable bonds is 7. The third-order valence-corrected chi connectivity index (χ3v) is 6.74. The summed E-state index contributed by atoms with van der Waals surface area (Å²) in [5.41, 5.74) is 2.53. The smallest absolute Gasteiger partial charge is 0.335 e. The van der Waals surface area contributed by atoms with E-state index >= 15 is 0 Å².